The zero-order valence-electron chi connectivity index (χ0n) is 18.4. The van der Waals surface area contributed by atoms with Crippen LogP contribution in [0.25, 0.3) is 0 Å². The van der Waals surface area contributed by atoms with Gasteiger partial charge in [0.2, 0.25) is 11.5 Å². The lowest BCUT2D eigenvalue weighted by Gasteiger charge is -2.43. The average molecular weight is 527 g/mol. The highest BCUT2D eigenvalue weighted by Gasteiger charge is 2.62. The third kappa shape index (κ3) is 4.32. The highest BCUT2D eigenvalue weighted by molar-refractivity contribution is 8.00. The molecule has 4 rings (SSSR count). The highest BCUT2D eigenvalue weighted by atomic mass is 32.2. The Hall–Kier alpha value is -3.57. The minimum atomic E-state index is -1.75. The van der Waals surface area contributed by atoms with E-state index in [4.69, 9.17) is 16.3 Å². The number of amides is 2. The fourth-order valence-electron chi connectivity index (χ4n) is 3.45. The van der Waals surface area contributed by atoms with Gasteiger partial charge >= 0.3 is 11.9 Å². The van der Waals surface area contributed by atoms with Crippen molar-refractivity contribution in [3.8, 4) is 0 Å². The quantitative estimate of drug-likeness (QED) is 0.131. The second-order valence-electron chi connectivity index (χ2n) is 8.19. The van der Waals surface area contributed by atoms with Crippen molar-refractivity contribution in [1.82, 2.24) is 25.0 Å². The van der Waals surface area contributed by atoms with E-state index in [1.165, 1.54) is 35.9 Å². The molecule has 4 atom stereocenters. The minimum Gasteiger partial charge on any atom is -0.480 e. The summed E-state index contributed by atoms with van der Waals surface area (Å²) in [6.45, 7) is 2.74. The normalized spacial score (nSPS) is 24.1. The van der Waals surface area contributed by atoms with Crippen LogP contribution in [-0.4, -0.2) is 82.4 Å². The summed E-state index contributed by atoms with van der Waals surface area (Å²) in [4.78, 5) is 59.4. The molecule has 35 heavy (non-hydrogen) atoms. The molecular formula is C18H22N8O7S2. The van der Waals surface area contributed by atoms with Gasteiger partial charge in [-0.1, -0.05) is 5.16 Å². The molecule has 17 heteroatoms. The third-order valence-corrected chi connectivity index (χ3v) is 7.61. The number of thioether (sulfide) groups is 1. The molecule has 8 N–H and O–H groups in total. The first-order valence-corrected chi connectivity index (χ1v) is 11.9. The first-order valence-electron chi connectivity index (χ1n) is 10.1. The molecule has 0 saturated carbocycles. The number of H-pyrrole nitrogens is 1. The van der Waals surface area contributed by atoms with Crippen LogP contribution in [0.1, 0.15) is 30.6 Å². The number of hydrogen-bond donors (Lipinski definition) is 6. The second-order valence-corrected chi connectivity index (χ2v) is 10.3. The van der Waals surface area contributed by atoms with E-state index in [9.17, 15) is 29.4 Å². The molecule has 0 spiro atoms. The summed E-state index contributed by atoms with van der Waals surface area (Å²) in [5, 5.41) is 28.4. The summed E-state index contributed by atoms with van der Waals surface area (Å²) >= 11 is 2.21. The number of aliphatic carboxylic acids is 2. The summed E-state index contributed by atoms with van der Waals surface area (Å²) < 4.78 is 1.56. The number of carbonyl (C=O) groups excluding carboxylic acids is 2. The maximum Gasteiger partial charge on any atom is 0.350 e. The van der Waals surface area contributed by atoms with Gasteiger partial charge < -0.3 is 36.7 Å². The van der Waals surface area contributed by atoms with Crippen molar-refractivity contribution in [1.29, 1.82) is 0 Å². The number of fused-ring (bicyclic) bond motifs is 1. The van der Waals surface area contributed by atoms with Crippen molar-refractivity contribution in [2.24, 2.45) is 10.9 Å². The lowest BCUT2D eigenvalue weighted by Crippen LogP contribution is -2.70. The summed E-state index contributed by atoms with van der Waals surface area (Å²) in [6.07, 6.45) is 1.66. The number of rotatable bonds is 9. The topological polar surface area (TPSA) is 231 Å². The van der Waals surface area contributed by atoms with E-state index < -0.39 is 52.2 Å². The van der Waals surface area contributed by atoms with Crippen LogP contribution < -0.4 is 16.8 Å². The molecule has 2 aromatic heterocycles. The number of nitrogens with two attached hydrogens (primary N) is 2. The lowest BCUT2D eigenvalue weighted by atomic mass is 10.0. The maximum absolute atomic E-state index is 13.1. The summed E-state index contributed by atoms with van der Waals surface area (Å²) in [7, 11) is 0. The van der Waals surface area contributed by atoms with Crippen molar-refractivity contribution < 1.29 is 34.2 Å². The Kier molecular flexibility index (Phi) is 6.24. The fraction of sp³-hybridized carbons (Fsp3) is 0.444. The van der Waals surface area contributed by atoms with Crippen LogP contribution in [0.15, 0.2) is 16.7 Å². The standard InChI is InChI=1S/C18H22N8O7S2/c1-18(2,16(31)32)33-24-8(7-5-34-17(20)21-7)11(27)22-9-12(28)26-10(15(29)30)14(35-13(9)26)25-4-6(3-19)23-25/h4-5,9-10,13-14,23H,3,19H2,1-2H3,(H2,20,21)(H,22,27)(H,29,30)(H,31,32)/b24-8-/t9?,10?,13-,14?/m1/s1. The lowest BCUT2D eigenvalue weighted by molar-refractivity contribution is -0.161. The highest BCUT2D eigenvalue weighted by Crippen LogP contribution is 2.50. The van der Waals surface area contributed by atoms with Gasteiger partial charge in [-0.05, 0) is 13.8 Å². The molecule has 0 radical (unpaired) electrons. The van der Waals surface area contributed by atoms with Crippen LogP contribution in [0.3, 0.4) is 0 Å². The third-order valence-electron chi connectivity index (χ3n) is 5.39. The Balaban J connectivity index is 1.54. The maximum atomic E-state index is 13.1. The van der Waals surface area contributed by atoms with Gasteiger partial charge in [0.25, 0.3) is 5.91 Å². The Morgan fingerprint density at radius 1 is 1.34 bits per heavy atom. The molecule has 2 saturated heterocycles. The van der Waals surface area contributed by atoms with Gasteiger partial charge in [-0.2, -0.15) is 0 Å². The van der Waals surface area contributed by atoms with Gasteiger partial charge in [0.05, 0.1) is 5.69 Å². The molecule has 0 bridgehead atoms. The summed E-state index contributed by atoms with van der Waals surface area (Å²) in [5.41, 5.74) is 9.80. The number of hydrogen-bond acceptors (Lipinski definition) is 11. The van der Waals surface area contributed by atoms with Crippen molar-refractivity contribution in [2.75, 3.05) is 5.73 Å². The molecule has 3 unspecified atom stereocenters. The molecule has 4 heterocycles. The molecular weight excluding hydrogens is 504 g/mol. The second kappa shape index (κ2) is 8.90. The van der Waals surface area contributed by atoms with E-state index in [0.717, 1.165) is 11.3 Å². The Morgan fingerprint density at radius 2 is 2.03 bits per heavy atom. The number of nitrogens with one attached hydrogen (secondary N) is 2. The number of β-lactam (4-membered cyclic amide) rings is 1. The monoisotopic (exact) mass is 526 g/mol. The molecule has 2 aromatic rings. The van der Waals surface area contributed by atoms with Crippen molar-refractivity contribution >= 4 is 57.7 Å². The number of carboxylic acid groups (broad SMARTS) is 2. The molecule has 2 amide bonds. The van der Waals surface area contributed by atoms with Crippen LogP contribution in [0.5, 0.6) is 0 Å². The molecule has 0 aliphatic carbocycles. The number of nitrogens with zero attached hydrogens (tertiary/aromatic N) is 4. The number of nitrogen functional groups attached to an aromatic ring is 1. The number of carboxylic acids is 2. The number of anilines is 1. The number of oxime groups is 1. The van der Waals surface area contributed by atoms with Crippen LogP contribution in [0.2, 0.25) is 0 Å². The van der Waals surface area contributed by atoms with E-state index in [1.54, 1.807) is 10.9 Å². The van der Waals surface area contributed by atoms with E-state index in [0.29, 0.717) is 5.69 Å². The van der Waals surface area contributed by atoms with E-state index >= 15 is 0 Å². The van der Waals surface area contributed by atoms with Gasteiger partial charge in [0.15, 0.2) is 16.9 Å². The fourth-order valence-corrected chi connectivity index (χ4v) is 5.63. The Morgan fingerprint density at radius 3 is 2.57 bits per heavy atom. The van der Waals surface area contributed by atoms with Crippen molar-refractivity contribution in [3.05, 3.63) is 23.0 Å². The van der Waals surface area contributed by atoms with Gasteiger partial charge in [-0.15, -0.1) is 23.1 Å². The van der Waals surface area contributed by atoms with Gasteiger partial charge in [-0.3, -0.25) is 19.4 Å². The van der Waals surface area contributed by atoms with Crippen LogP contribution in [-0.2, 0) is 30.6 Å². The van der Waals surface area contributed by atoms with Crippen molar-refractivity contribution in [3.63, 3.8) is 0 Å². The molecule has 15 nitrogen and oxygen atoms in total. The molecule has 188 valence electrons. The molecule has 2 aliphatic rings. The van der Waals surface area contributed by atoms with Crippen molar-refractivity contribution in [2.45, 2.75) is 48.8 Å². The van der Waals surface area contributed by atoms with Gasteiger partial charge in [0, 0.05) is 18.1 Å². The average Bonchev–Trinajstić information content (AvgIpc) is 3.33. The first kappa shape index (κ1) is 24.6. The largest absolute Gasteiger partial charge is 0.480 e. The summed E-state index contributed by atoms with van der Waals surface area (Å²) in [5.74, 6) is -3.96. The number of aromatic nitrogens is 3. The molecule has 2 aliphatic heterocycles. The van der Waals surface area contributed by atoms with E-state index in [2.05, 4.69) is 20.6 Å². The predicted octanol–water partition coefficient (Wildman–Crippen LogP) is -1.05. The number of carbonyl (C=O) groups is 4. The number of thiazole rings is 1. The number of aromatic amines is 1. The molecule has 0 aromatic carbocycles. The predicted molar refractivity (Wildman–Crippen MR) is 123 cm³/mol. The van der Waals surface area contributed by atoms with Gasteiger partial charge in [0.1, 0.15) is 22.5 Å². The van der Waals surface area contributed by atoms with Crippen LogP contribution in [0.4, 0.5) is 5.13 Å². The van der Waals surface area contributed by atoms with Crippen LogP contribution >= 0.6 is 23.1 Å². The Bertz CT molecular complexity index is 1210. The van der Waals surface area contributed by atoms with E-state index in [1.807, 2.05) is 0 Å². The van der Waals surface area contributed by atoms with E-state index in [-0.39, 0.29) is 23.1 Å². The smallest absolute Gasteiger partial charge is 0.350 e. The minimum absolute atomic E-state index is 0.0272. The van der Waals surface area contributed by atoms with Crippen LogP contribution in [0, 0.1) is 0 Å². The first-order chi connectivity index (χ1) is 16.4. The zero-order valence-corrected chi connectivity index (χ0v) is 20.0. The summed E-state index contributed by atoms with van der Waals surface area (Å²) in [6, 6.07) is -2.20. The van der Waals surface area contributed by atoms with Gasteiger partial charge in [-0.25, -0.2) is 14.6 Å². The zero-order chi connectivity index (χ0) is 25.7. The Labute approximate surface area is 205 Å². The molecule has 2 fully saturated rings. The SMILES string of the molecule is CC(C)(O/N=C(\C(=O)NC1C(=O)N2C(C(=O)O)C(n3cc(CN)[nH]3)S[C@H]12)c1csc(N)n1)C(=O)O.